The van der Waals surface area contributed by atoms with E-state index in [2.05, 4.69) is 16.0 Å². The van der Waals surface area contributed by atoms with Crippen molar-refractivity contribution in [1.82, 2.24) is 20.9 Å². The van der Waals surface area contributed by atoms with Crippen molar-refractivity contribution in [2.75, 3.05) is 26.2 Å². The number of carbonyl (C=O) groups is 2. The van der Waals surface area contributed by atoms with Crippen LogP contribution in [0.25, 0.3) is 0 Å². The Balaban J connectivity index is 1.52. The Bertz CT molecular complexity index is 615. The number of hydrogen-bond donors (Lipinski definition) is 3. The van der Waals surface area contributed by atoms with Gasteiger partial charge in [-0.15, -0.1) is 0 Å². The Morgan fingerprint density at radius 1 is 1.12 bits per heavy atom. The predicted molar refractivity (Wildman–Crippen MR) is 102 cm³/mol. The average molecular weight is 358 g/mol. The molecule has 2 fully saturated rings. The quantitative estimate of drug-likeness (QED) is 0.770. The number of nitrogens with zero attached hydrogens (tertiary/aromatic N) is 1. The lowest BCUT2D eigenvalue weighted by Crippen LogP contribution is -2.39. The van der Waals surface area contributed by atoms with Gasteiger partial charge < -0.3 is 20.9 Å². The molecule has 142 valence electrons. The summed E-state index contributed by atoms with van der Waals surface area (Å²) >= 11 is 0. The summed E-state index contributed by atoms with van der Waals surface area (Å²) in [5, 5.41) is 9.08. The highest BCUT2D eigenvalue weighted by molar-refractivity contribution is 5.94. The molecular weight excluding hydrogens is 328 g/mol. The summed E-state index contributed by atoms with van der Waals surface area (Å²) in [6.07, 6.45) is 2.19. The third kappa shape index (κ3) is 4.75. The Morgan fingerprint density at radius 2 is 1.73 bits per heavy atom. The smallest absolute Gasteiger partial charge is 0.315 e. The maximum atomic E-state index is 12.8. The molecular formula is C20H30N4O2. The van der Waals surface area contributed by atoms with Crippen molar-refractivity contribution in [2.24, 2.45) is 11.8 Å². The van der Waals surface area contributed by atoms with E-state index in [0.717, 1.165) is 62.0 Å². The zero-order valence-corrected chi connectivity index (χ0v) is 15.8. The van der Waals surface area contributed by atoms with Gasteiger partial charge in [-0.05, 0) is 69.3 Å². The molecule has 3 N–H and O–H groups in total. The molecule has 2 aliphatic heterocycles. The van der Waals surface area contributed by atoms with Gasteiger partial charge in [-0.25, -0.2) is 4.79 Å². The molecule has 0 saturated carbocycles. The molecule has 1 aromatic carbocycles. The minimum atomic E-state index is -0.176. The summed E-state index contributed by atoms with van der Waals surface area (Å²) in [5.41, 5.74) is 1.71. The van der Waals surface area contributed by atoms with Crippen molar-refractivity contribution in [3.05, 3.63) is 35.4 Å². The third-order valence-electron chi connectivity index (χ3n) is 5.38. The van der Waals surface area contributed by atoms with E-state index in [4.69, 9.17) is 0 Å². The molecule has 0 bridgehead atoms. The van der Waals surface area contributed by atoms with Gasteiger partial charge in [0.15, 0.2) is 0 Å². The first-order valence-corrected chi connectivity index (χ1v) is 9.66. The molecule has 1 aromatic rings. The second-order valence-corrected chi connectivity index (χ2v) is 7.73. The van der Waals surface area contributed by atoms with Crippen molar-refractivity contribution in [3.8, 4) is 0 Å². The predicted octanol–water partition coefficient (Wildman–Crippen LogP) is 1.97. The zero-order valence-electron chi connectivity index (χ0n) is 15.8. The van der Waals surface area contributed by atoms with Gasteiger partial charge in [-0.3, -0.25) is 4.79 Å². The Morgan fingerprint density at radius 3 is 2.31 bits per heavy atom. The van der Waals surface area contributed by atoms with Gasteiger partial charge in [0.2, 0.25) is 0 Å². The first-order valence-electron chi connectivity index (χ1n) is 9.66. The van der Waals surface area contributed by atoms with Gasteiger partial charge in [0.25, 0.3) is 5.91 Å². The maximum Gasteiger partial charge on any atom is 0.315 e. The lowest BCUT2D eigenvalue weighted by atomic mass is 9.92. The van der Waals surface area contributed by atoms with E-state index in [1.54, 1.807) is 0 Å². The highest BCUT2D eigenvalue weighted by Gasteiger charge is 2.31. The molecule has 0 radical (unpaired) electrons. The van der Waals surface area contributed by atoms with Crippen LogP contribution in [-0.4, -0.2) is 49.1 Å². The molecule has 0 unspecified atom stereocenters. The molecule has 2 aliphatic rings. The van der Waals surface area contributed by atoms with Crippen molar-refractivity contribution in [3.63, 3.8) is 0 Å². The lowest BCUT2D eigenvalue weighted by Gasteiger charge is -2.21. The highest BCUT2D eigenvalue weighted by Crippen LogP contribution is 2.27. The molecule has 2 saturated heterocycles. The summed E-state index contributed by atoms with van der Waals surface area (Å²) in [6.45, 7) is 8.18. The summed E-state index contributed by atoms with van der Waals surface area (Å²) in [6, 6.07) is 7.50. The minimum Gasteiger partial charge on any atom is -0.339 e. The highest BCUT2D eigenvalue weighted by atomic mass is 16.2. The van der Waals surface area contributed by atoms with E-state index in [0.29, 0.717) is 6.54 Å². The molecule has 0 spiro atoms. The second-order valence-electron chi connectivity index (χ2n) is 7.73. The molecule has 0 aliphatic carbocycles. The van der Waals surface area contributed by atoms with Gasteiger partial charge in [-0.2, -0.15) is 0 Å². The average Bonchev–Trinajstić information content (AvgIpc) is 2.98. The van der Waals surface area contributed by atoms with Gasteiger partial charge in [0.1, 0.15) is 0 Å². The van der Waals surface area contributed by atoms with Crippen LogP contribution >= 0.6 is 0 Å². The van der Waals surface area contributed by atoms with Gasteiger partial charge in [0, 0.05) is 31.2 Å². The van der Waals surface area contributed by atoms with E-state index >= 15 is 0 Å². The van der Waals surface area contributed by atoms with Crippen molar-refractivity contribution in [1.29, 1.82) is 0 Å². The van der Waals surface area contributed by atoms with Gasteiger partial charge in [-0.1, -0.05) is 12.1 Å². The molecule has 2 atom stereocenters. The van der Waals surface area contributed by atoms with Gasteiger partial charge in [0.05, 0.1) is 0 Å². The first kappa shape index (κ1) is 18.7. The number of rotatable bonds is 4. The van der Waals surface area contributed by atoms with Crippen LogP contribution in [0, 0.1) is 11.8 Å². The number of urea groups is 1. The number of benzene rings is 1. The molecule has 6 nitrogen and oxygen atoms in total. The van der Waals surface area contributed by atoms with Gasteiger partial charge >= 0.3 is 6.03 Å². The Hall–Kier alpha value is -2.08. The summed E-state index contributed by atoms with van der Waals surface area (Å²) in [5.74, 6) is 1.56. The SMILES string of the molecule is CC(C)NC(=O)NCc1ccc(C(=O)N2CC[C@@H]3CNC[C@@H]3CC2)cc1. The van der Waals surface area contributed by atoms with Crippen LogP contribution < -0.4 is 16.0 Å². The van der Waals surface area contributed by atoms with Crippen LogP contribution in [-0.2, 0) is 6.54 Å². The van der Waals surface area contributed by atoms with Crippen molar-refractivity contribution < 1.29 is 9.59 Å². The van der Waals surface area contributed by atoms with E-state index in [9.17, 15) is 9.59 Å². The monoisotopic (exact) mass is 358 g/mol. The van der Waals surface area contributed by atoms with Crippen LogP contribution in [0.4, 0.5) is 4.79 Å². The van der Waals surface area contributed by atoms with E-state index in [-0.39, 0.29) is 18.0 Å². The van der Waals surface area contributed by atoms with Crippen LogP contribution in [0.2, 0.25) is 0 Å². The normalized spacial score (nSPS) is 22.7. The van der Waals surface area contributed by atoms with E-state index < -0.39 is 0 Å². The number of likely N-dealkylation sites (tertiary alicyclic amines) is 1. The fraction of sp³-hybridized carbons (Fsp3) is 0.600. The summed E-state index contributed by atoms with van der Waals surface area (Å²) in [7, 11) is 0. The molecule has 26 heavy (non-hydrogen) atoms. The number of nitrogens with one attached hydrogen (secondary N) is 3. The molecule has 6 heteroatoms. The van der Waals surface area contributed by atoms with E-state index in [1.165, 1.54) is 0 Å². The number of amides is 3. The van der Waals surface area contributed by atoms with Crippen LogP contribution in [0.3, 0.4) is 0 Å². The van der Waals surface area contributed by atoms with Crippen LogP contribution in [0.1, 0.15) is 42.6 Å². The van der Waals surface area contributed by atoms with Crippen molar-refractivity contribution >= 4 is 11.9 Å². The maximum absolute atomic E-state index is 12.8. The number of carbonyl (C=O) groups excluding carboxylic acids is 2. The zero-order chi connectivity index (χ0) is 18.5. The fourth-order valence-electron chi connectivity index (χ4n) is 3.86. The second kappa shape index (κ2) is 8.54. The Kier molecular flexibility index (Phi) is 6.14. The topological polar surface area (TPSA) is 73.5 Å². The standard InChI is InChI=1S/C20H30N4O2/c1-14(2)23-20(26)22-11-15-3-5-16(6-4-15)19(25)24-9-7-17-12-21-13-18(17)8-10-24/h3-6,14,17-18,21H,7-13H2,1-2H3,(H2,22,23,26)/t17-,18+. The molecule has 3 amide bonds. The Labute approximate surface area is 155 Å². The third-order valence-corrected chi connectivity index (χ3v) is 5.38. The molecule has 2 heterocycles. The fourth-order valence-corrected chi connectivity index (χ4v) is 3.86. The summed E-state index contributed by atoms with van der Waals surface area (Å²) in [4.78, 5) is 26.4. The van der Waals surface area contributed by atoms with Crippen molar-refractivity contribution in [2.45, 2.75) is 39.3 Å². The van der Waals surface area contributed by atoms with E-state index in [1.807, 2.05) is 43.0 Å². The first-order chi connectivity index (χ1) is 12.5. The summed E-state index contributed by atoms with van der Waals surface area (Å²) < 4.78 is 0. The number of hydrogen-bond acceptors (Lipinski definition) is 3. The van der Waals surface area contributed by atoms with Crippen LogP contribution in [0.5, 0.6) is 0 Å². The number of fused-ring (bicyclic) bond motifs is 1. The largest absolute Gasteiger partial charge is 0.339 e. The van der Waals surface area contributed by atoms with Crippen LogP contribution in [0.15, 0.2) is 24.3 Å². The molecule has 0 aromatic heterocycles. The molecule has 3 rings (SSSR count). The minimum absolute atomic E-state index is 0.110. The lowest BCUT2D eigenvalue weighted by molar-refractivity contribution is 0.0758.